The summed E-state index contributed by atoms with van der Waals surface area (Å²) in [6, 6.07) is 29.5. The number of carbonyl (C=O) groups is 1. The van der Waals surface area contributed by atoms with Crippen LogP contribution in [0.2, 0.25) is 0 Å². The molecule has 5 rings (SSSR count). The van der Waals surface area contributed by atoms with Crippen molar-refractivity contribution in [2.24, 2.45) is 5.92 Å². The van der Waals surface area contributed by atoms with Crippen molar-refractivity contribution in [3.8, 4) is 0 Å². The largest absolute Gasteiger partial charge is 0.478 e. The molecule has 4 aromatic carbocycles. The van der Waals surface area contributed by atoms with Gasteiger partial charge in [0, 0.05) is 27.8 Å². The molecule has 42 heavy (non-hydrogen) atoms. The van der Waals surface area contributed by atoms with Crippen molar-refractivity contribution >= 4 is 33.4 Å². The summed E-state index contributed by atoms with van der Waals surface area (Å²) in [5, 5.41) is 18.7. The van der Waals surface area contributed by atoms with Gasteiger partial charge in [-0.15, -0.1) is 11.8 Å². The number of rotatable bonds is 10. The van der Waals surface area contributed by atoms with Crippen LogP contribution in [0.3, 0.4) is 0 Å². The third-order valence-corrected chi connectivity index (χ3v) is 9.60. The summed E-state index contributed by atoms with van der Waals surface area (Å²) < 4.78 is 41.5. The van der Waals surface area contributed by atoms with E-state index < -0.39 is 22.3 Å². The number of sulfonamides is 1. The van der Waals surface area contributed by atoms with Crippen molar-refractivity contribution in [1.82, 2.24) is 0 Å². The second kappa shape index (κ2) is 13.1. The lowest BCUT2D eigenvalue weighted by molar-refractivity contribution is -0.268. The summed E-state index contributed by atoms with van der Waals surface area (Å²) >= 11 is 1.56. The fraction of sp³-hybridized carbons (Fsp3) is 0.219. The highest BCUT2D eigenvalue weighted by Crippen LogP contribution is 2.43. The van der Waals surface area contributed by atoms with Gasteiger partial charge in [-0.1, -0.05) is 61.5 Å². The molecule has 10 heteroatoms. The third kappa shape index (κ3) is 7.03. The van der Waals surface area contributed by atoms with Gasteiger partial charge in [-0.2, -0.15) is 0 Å². The highest BCUT2D eigenvalue weighted by molar-refractivity contribution is 7.99. The van der Waals surface area contributed by atoms with Crippen molar-refractivity contribution in [2.75, 3.05) is 10.5 Å². The number of carboxylic acid groups (broad SMARTS) is 1. The lowest BCUT2D eigenvalue weighted by Gasteiger charge is -2.41. The highest BCUT2D eigenvalue weighted by atomic mass is 32.2. The summed E-state index contributed by atoms with van der Waals surface area (Å²) in [4.78, 5) is 12.3. The molecule has 1 aliphatic rings. The van der Waals surface area contributed by atoms with Crippen LogP contribution in [0.1, 0.15) is 46.4 Å². The Bertz CT molecular complexity index is 1610. The summed E-state index contributed by atoms with van der Waals surface area (Å²) in [7, 11) is -3.78. The van der Waals surface area contributed by atoms with Crippen molar-refractivity contribution in [1.29, 1.82) is 0 Å². The lowest BCUT2D eigenvalue weighted by atomic mass is 9.91. The number of hydrogen-bond donors (Lipinski definition) is 3. The van der Waals surface area contributed by atoms with Gasteiger partial charge in [0.15, 0.2) is 6.29 Å². The average Bonchev–Trinajstić information content (AvgIpc) is 3.01. The van der Waals surface area contributed by atoms with Crippen LogP contribution < -0.4 is 4.72 Å². The van der Waals surface area contributed by atoms with E-state index in [1.54, 1.807) is 72.4 Å². The van der Waals surface area contributed by atoms with Gasteiger partial charge in [-0.05, 0) is 59.7 Å². The van der Waals surface area contributed by atoms with Crippen LogP contribution >= 0.6 is 11.8 Å². The molecule has 1 heterocycles. The quantitative estimate of drug-likeness (QED) is 0.181. The van der Waals surface area contributed by atoms with Crippen LogP contribution in [0.15, 0.2) is 113 Å². The summed E-state index contributed by atoms with van der Waals surface area (Å²) in [6.45, 7) is 2.00. The average molecular weight is 606 g/mol. The molecule has 0 bridgehead atoms. The van der Waals surface area contributed by atoms with Crippen molar-refractivity contribution in [3.05, 3.63) is 125 Å². The Morgan fingerprint density at radius 1 is 0.881 bits per heavy atom. The number of hydrogen-bond acceptors (Lipinski definition) is 7. The van der Waals surface area contributed by atoms with Gasteiger partial charge in [0.2, 0.25) is 0 Å². The van der Waals surface area contributed by atoms with E-state index in [0.29, 0.717) is 17.0 Å². The molecule has 0 amide bonds. The van der Waals surface area contributed by atoms with E-state index in [1.807, 2.05) is 30.3 Å². The molecule has 218 valence electrons. The molecular weight excluding hydrogens is 574 g/mol. The Morgan fingerprint density at radius 2 is 1.60 bits per heavy atom. The molecule has 4 atom stereocenters. The summed E-state index contributed by atoms with van der Waals surface area (Å²) in [5.74, 6) is -0.440. The zero-order chi connectivity index (χ0) is 29.7. The fourth-order valence-corrected chi connectivity index (χ4v) is 6.88. The zero-order valence-electron chi connectivity index (χ0n) is 22.8. The van der Waals surface area contributed by atoms with E-state index in [9.17, 15) is 23.4 Å². The Balaban J connectivity index is 1.39. The van der Waals surface area contributed by atoms with Crippen LogP contribution in [0, 0.1) is 5.92 Å². The minimum atomic E-state index is -3.78. The molecule has 1 fully saturated rings. The van der Waals surface area contributed by atoms with Gasteiger partial charge in [-0.25, -0.2) is 13.2 Å². The monoisotopic (exact) mass is 605 g/mol. The first-order chi connectivity index (χ1) is 20.2. The maximum absolute atomic E-state index is 12.9. The molecule has 0 spiro atoms. The molecule has 4 aromatic rings. The molecule has 0 aliphatic carbocycles. The maximum Gasteiger partial charge on any atom is 0.335 e. The topological polar surface area (TPSA) is 122 Å². The number of ether oxygens (including phenoxy) is 2. The van der Waals surface area contributed by atoms with Crippen molar-refractivity contribution in [3.63, 3.8) is 0 Å². The van der Waals surface area contributed by atoms with Crippen molar-refractivity contribution in [2.45, 2.75) is 41.8 Å². The summed E-state index contributed by atoms with van der Waals surface area (Å²) in [5.41, 5.74) is 3.01. The Kier molecular flexibility index (Phi) is 9.30. The molecule has 0 radical (unpaired) electrons. The Labute approximate surface area is 249 Å². The molecular formula is C32H31NO7S2. The number of nitrogens with one attached hydrogen (secondary N) is 1. The van der Waals surface area contributed by atoms with Crippen LogP contribution in [0.25, 0.3) is 0 Å². The first-order valence-electron chi connectivity index (χ1n) is 13.4. The Morgan fingerprint density at radius 3 is 2.26 bits per heavy atom. The zero-order valence-corrected chi connectivity index (χ0v) is 24.4. The first kappa shape index (κ1) is 29.8. The van der Waals surface area contributed by atoms with Gasteiger partial charge < -0.3 is 19.7 Å². The van der Waals surface area contributed by atoms with Gasteiger partial charge in [0.05, 0.1) is 29.3 Å². The number of anilines is 1. The van der Waals surface area contributed by atoms with E-state index in [2.05, 4.69) is 11.6 Å². The number of thioether (sulfide) groups is 1. The summed E-state index contributed by atoms with van der Waals surface area (Å²) in [6.07, 6.45) is -1.36. The van der Waals surface area contributed by atoms with Crippen molar-refractivity contribution < 1.29 is 32.9 Å². The minimum Gasteiger partial charge on any atom is -0.478 e. The molecule has 1 aliphatic heterocycles. The van der Waals surface area contributed by atoms with Crippen LogP contribution in [-0.2, 0) is 26.1 Å². The SMILES string of the molecule is C[C@@H]1[C@H](CSc2ccc(C(=O)O)cc2)O[C@H](c2cccc(NS(=O)(=O)c3ccccc3)c2)O[C@@H]1c1ccc(CO)cc1. The van der Waals surface area contributed by atoms with Gasteiger partial charge in [0.1, 0.15) is 0 Å². The highest BCUT2D eigenvalue weighted by Gasteiger charge is 2.38. The van der Waals surface area contributed by atoms with Gasteiger partial charge in [-0.3, -0.25) is 4.72 Å². The smallest absolute Gasteiger partial charge is 0.335 e. The predicted octanol–water partition coefficient (Wildman–Crippen LogP) is 6.26. The maximum atomic E-state index is 12.9. The Hall–Kier alpha value is -3.67. The van der Waals surface area contributed by atoms with E-state index >= 15 is 0 Å². The molecule has 0 aromatic heterocycles. The molecule has 0 saturated carbocycles. The van der Waals surface area contributed by atoms with E-state index in [-0.39, 0.29) is 35.2 Å². The molecule has 3 N–H and O–H groups in total. The predicted molar refractivity (Wildman–Crippen MR) is 161 cm³/mol. The van der Waals surface area contributed by atoms with Crippen LogP contribution in [0.4, 0.5) is 5.69 Å². The lowest BCUT2D eigenvalue weighted by Crippen LogP contribution is -2.38. The number of benzene rings is 4. The standard InChI is InChI=1S/C32H31NO7S2/c1-21-29(20-41-27-16-14-24(15-17-27)31(35)36)39-32(40-30(21)23-12-10-22(19-34)11-13-23)25-6-5-7-26(18-25)33-42(37,38)28-8-3-2-4-9-28/h2-18,21,29-30,32-34H,19-20H2,1H3,(H,35,36)/t21-,29+,30+,32+/m1/s1. The normalized spacial score (nSPS) is 20.6. The van der Waals surface area contributed by atoms with E-state index in [1.165, 1.54) is 12.1 Å². The second-order valence-corrected chi connectivity index (χ2v) is 12.8. The van der Waals surface area contributed by atoms with Gasteiger partial charge in [0.25, 0.3) is 10.0 Å². The molecule has 8 nitrogen and oxygen atoms in total. The molecule has 1 saturated heterocycles. The van der Waals surface area contributed by atoms with Crippen LogP contribution in [0.5, 0.6) is 0 Å². The van der Waals surface area contributed by atoms with E-state index in [4.69, 9.17) is 9.47 Å². The second-order valence-electron chi connectivity index (χ2n) is 10.0. The number of aliphatic hydroxyl groups is 1. The van der Waals surface area contributed by atoms with E-state index in [0.717, 1.165) is 16.0 Å². The molecule has 0 unspecified atom stereocenters. The van der Waals surface area contributed by atoms with Gasteiger partial charge >= 0.3 is 5.97 Å². The number of aromatic carboxylic acids is 1. The first-order valence-corrected chi connectivity index (χ1v) is 15.8. The van der Waals surface area contributed by atoms with Crippen LogP contribution in [-0.4, -0.2) is 36.5 Å². The minimum absolute atomic E-state index is 0.0493. The fourth-order valence-electron chi connectivity index (χ4n) is 4.74. The number of aliphatic hydroxyl groups excluding tert-OH is 1. The third-order valence-electron chi connectivity index (χ3n) is 7.10. The number of carboxylic acids is 1.